The fraction of sp³-hybridized carbons (Fsp3) is 0.576. The molecule has 252 valence electrons. The van der Waals surface area contributed by atoms with Gasteiger partial charge in [-0.1, -0.05) is 38.3 Å². The first-order chi connectivity index (χ1) is 21.8. The first-order valence-electron chi connectivity index (χ1n) is 15.5. The smallest absolute Gasteiger partial charge is 0.419 e. The Morgan fingerprint density at radius 3 is 2.28 bits per heavy atom. The molecule has 2 aromatic rings. The molecule has 13 heteroatoms. The maximum Gasteiger partial charge on any atom is 0.419 e. The van der Waals surface area contributed by atoms with Crippen LogP contribution in [0.2, 0.25) is 0 Å². The maximum atomic E-state index is 13.5. The number of piperidine rings is 1. The molecule has 0 spiro atoms. The Morgan fingerprint density at radius 1 is 0.957 bits per heavy atom. The lowest BCUT2D eigenvalue weighted by Gasteiger charge is -2.44. The van der Waals surface area contributed by atoms with E-state index in [9.17, 15) is 35.9 Å². The number of halogens is 6. The van der Waals surface area contributed by atoms with Gasteiger partial charge in [-0.25, -0.2) is 4.79 Å². The normalized spacial score (nSPS) is 25.0. The van der Waals surface area contributed by atoms with Gasteiger partial charge in [0.2, 0.25) is 0 Å². The van der Waals surface area contributed by atoms with Crippen molar-refractivity contribution in [3.8, 4) is 5.75 Å². The van der Waals surface area contributed by atoms with Crippen LogP contribution in [0.5, 0.6) is 5.75 Å². The van der Waals surface area contributed by atoms with Gasteiger partial charge >= 0.3 is 18.3 Å². The predicted octanol–water partition coefficient (Wildman–Crippen LogP) is 7.03. The van der Waals surface area contributed by atoms with Crippen molar-refractivity contribution in [2.75, 3.05) is 33.5 Å². The van der Waals surface area contributed by atoms with Crippen molar-refractivity contribution in [2.24, 2.45) is 5.92 Å². The van der Waals surface area contributed by atoms with Gasteiger partial charge in [-0.05, 0) is 67.5 Å². The Morgan fingerprint density at radius 2 is 1.70 bits per heavy atom. The summed E-state index contributed by atoms with van der Waals surface area (Å²) in [6.07, 6.45) is -4.55. The molecular formula is C33H38F6N2O5. The Labute approximate surface area is 263 Å². The molecule has 3 heterocycles. The Kier molecular flexibility index (Phi) is 10.2. The SMILES string of the molecule is C1CC1.COC(=O)c1cccc([C@H]2CCN(C3CCC(C(=O)N4COc5c(cc(C(F)(F)F)cc5C(F)(F)F)C4)OC3)CC2C)c1. The lowest BCUT2D eigenvalue weighted by Crippen LogP contribution is -2.52. The van der Waals surface area contributed by atoms with Crippen LogP contribution in [0.15, 0.2) is 36.4 Å². The van der Waals surface area contributed by atoms with Gasteiger partial charge in [0.15, 0.2) is 6.73 Å². The molecule has 1 saturated carbocycles. The number of amides is 1. The lowest BCUT2D eigenvalue weighted by molar-refractivity contribution is -0.155. The van der Waals surface area contributed by atoms with E-state index in [0.29, 0.717) is 24.5 Å². The van der Waals surface area contributed by atoms with Crippen LogP contribution in [0.1, 0.15) is 84.0 Å². The number of nitrogens with zero attached hydrogens (tertiary/aromatic N) is 2. The van der Waals surface area contributed by atoms with Crippen molar-refractivity contribution in [3.63, 3.8) is 0 Å². The number of ether oxygens (including phenoxy) is 3. The second kappa shape index (κ2) is 13.8. The van der Waals surface area contributed by atoms with Crippen LogP contribution in [-0.4, -0.2) is 67.4 Å². The molecule has 0 aromatic heterocycles. The van der Waals surface area contributed by atoms with Gasteiger partial charge in [0.1, 0.15) is 11.9 Å². The van der Waals surface area contributed by atoms with Crippen molar-refractivity contribution in [1.82, 2.24) is 9.80 Å². The molecule has 7 nitrogen and oxygen atoms in total. The van der Waals surface area contributed by atoms with Crippen LogP contribution in [-0.2, 0) is 33.2 Å². The molecular weight excluding hydrogens is 618 g/mol. The summed E-state index contributed by atoms with van der Waals surface area (Å²) in [5.74, 6) is -1.06. The number of esters is 1. The van der Waals surface area contributed by atoms with Gasteiger partial charge in [0.25, 0.3) is 5.91 Å². The van der Waals surface area contributed by atoms with E-state index >= 15 is 0 Å². The van der Waals surface area contributed by atoms with Crippen molar-refractivity contribution in [1.29, 1.82) is 0 Å². The summed E-state index contributed by atoms with van der Waals surface area (Å²) in [5, 5.41) is 0. The predicted molar refractivity (Wildman–Crippen MR) is 155 cm³/mol. The molecule has 3 aliphatic heterocycles. The summed E-state index contributed by atoms with van der Waals surface area (Å²) in [5.41, 5.74) is -1.74. The van der Waals surface area contributed by atoms with E-state index in [2.05, 4.69) is 11.8 Å². The van der Waals surface area contributed by atoms with E-state index in [0.717, 1.165) is 30.0 Å². The van der Waals surface area contributed by atoms with Crippen LogP contribution in [0, 0.1) is 5.92 Å². The summed E-state index contributed by atoms with van der Waals surface area (Å²) >= 11 is 0. The van der Waals surface area contributed by atoms with E-state index in [1.807, 2.05) is 18.2 Å². The molecule has 3 fully saturated rings. The highest BCUT2D eigenvalue weighted by Crippen LogP contribution is 2.44. The first kappa shape index (κ1) is 34.0. The average Bonchev–Trinajstić information content (AvgIpc) is 3.92. The molecule has 2 saturated heterocycles. The number of alkyl halides is 6. The van der Waals surface area contributed by atoms with Crippen LogP contribution in [0.25, 0.3) is 0 Å². The summed E-state index contributed by atoms with van der Waals surface area (Å²) in [6, 6.07) is 8.15. The highest BCUT2D eigenvalue weighted by Gasteiger charge is 2.43. The average molecular weight is 657 g/mol. The number of benzene rings is 2. The zero-order valence-electron chi connectivity index (χ0n) is 25.8. The summed E-state index contributed by atoms with van der Waals surface area (Å²) < 4.78 is 96.4. The summed E-state index contributed by atoms with van der Waals surface area (Å²) in [4.78, 5) is 28.6. The number of fused-ring (bicyclic) bond motifs is 1. The van der Waals surface area contributed by atoms with E-state index in [4.69, 9.17) is 14.2 Å². The third kappa shape index (κ3) is 7.96. The number of hydrogen-bond donors (Lipinski definition) is 0. The number of hydrogen-bond acceptors (Lipinski definition) is 6. The highest BCUT2D eigenvalue weighted by molar-refractivity contribution is 5.89. The van der Waals surface area contributed by atoms with Gasteiger partial charge in [-0.3, -0.25) is 9.69 Å². The molecule has 46 heavy (non-hydrogen) atoms. The summed E-state index contributed by atoms with van der Waals surface area (Å²) in [7, 11) is 1.35. The molecule has 4 atom stereocenters. The molecule has 1 aliphatic carbocycles. The van der Waals surface area contributed by atoms with Gasteiger partial charge in [0.05, 0.1) is 37.0 Å². The number of likely N-dealkylation sites (tertiary alicyclic amines) is 1. The quantitative estimate of drug-likeness (QED) is 0.260. The molecule has 4 aliphatic rings. The van der Waals surface area contributed by atoms with E-state index in [-0.39, 0.29) is 42.1 Å². The third-order valence-electron chi connectivity index (χ3n) is 8.91. The number of methoxy groups -OCH3 is 1. The minimum atomic E-state index is -5.06. The Bertz CT molecular complexity index is 1400. The van der Waals surface area contributed by atoms with Crippen molar-refractivity contribution >= 4 is 11.9 Å². The summed E-state index contributed by atoms with van der Waals surface area (Å²) in [6.45, 7) is 3.04. The van der Waals surface area contributed by atoms with Crippen LogP contribution in [0.3, 0.4) is 0 Å². The Balaban J connectivity index is 0.00000131. The van der Waals surface area contributed by atoms with Crippen molar-refractivity contribution in [3.05, 3.63) is 64.2 Å². The van der Waals surface area contributed by atoms with E-state index < -0.39 is 54.5 Å². The topological polar surface area (TPSA) is 68.3 Å². The minimum Gasteiger partial charge on any atom is -0.472 e. The molecule has 3 unspecified atom stereocenters. The molecule has 0 bridgehead atoms. The van der Waals surface area contributed by atoms with Gasteiger partial charge in [0, 0.05) is 18.2 Å². The van der Waals surface area contributed by atoms with E-state index in [1.165, 1.54) is 26.4 Å². The van der Waals surface area contributed by atoms with Crippen molar-refractivity contribution < 1.29 is 50.1 Å². The number of carbonyl (C=O) groups excluding carboxylic acids is 2. The van der Waals surface area contributed by atoms with Gasteiger partial charge in [-0.2, -0.15) is 26.3 Å². The monoisotopic (exact) mass is 656 g/mol. The van der Waals surface area contributed by atoms with Gasteiger partial charge < -0.3 is 19.1 Å². The second-order valence-electron chi connectivity index (χ2n) is 12.4. The fourth-order valence-electron chi connectivity index (χ4n) is 6.33. The highest BCUT2D eigenvalue weighted by atomic mass is 19.4. The lowest BCUT2D eigenvalue weighted by atomic mass is 9.80. The fourth-order valence-corrected chi connectivity index (χ4v) is 6.33. The van der Waals surface area contributed by atoms with E-state index in [1.54, 1.807) is 6.07 Å². The largest absolute Gasteiger partial charge is 0.472 e. The molecule has 0 N–H and O–H groups in total. The van der Waals surface area contributed by atoms with Crippen molar-refractivity contribution in [2.45, 2.75) is 82.4 Å². The Hall–Kier alpha value is -3.32. The minimum absolute atomic E-state index is 0.0315. The zero-order valence-corrected chi connectivity index (χ0v) is 25.8. The molecule has 2 aromatic carbocycles. The van der Waals surface area contributed by atoms with Crippen LogP contribution >= 0.6 is 0 Å². The zero-order chi connectivity index (χ0) is 33.2. The second-order valence-corrected chi connectivity index (χ2v) is 12.4. The number of rotatable bonds is 4. The number of carbonyl (C=O) groups is 2. The first-order valence-corrected chi connectivity index (χ1v) is 15.5. The van der Waals surface area contributed by atoms with Crippen LogP contribution < -0.4 is 4.74 Å². The molecule has 6 rings (SSSR count). The standard InChI is InChI=1S/C30H32F6N2O5.C3H6/c1-17-13-37(9-8-23(17)18-4-3-5-19(10-18)28(40)41-2)22-6-7-25(42-15-22)27(39)38-14-20-11-21(29(31,32)33)12-24(30(34,35)36)26(20)43-16-38;1-2-3-1/h3-5,10-12,17,22-23,25H,6-9,13-16H2,1-2H3;1-3H2/t17?,22?,23-,25?;/m0./s1. The van der Waals surface area contributed by atoms with Crippen LogP contribution in [0.4, 0.5) is 26.3 Å². The molecule has 1 amide bonds. The third-order valence-corrected chi connectivity index (χ3v) is 8.91. The maximum absolute atomic E-state index is 13.5. The van der Waals surface area contributed by atoms with Gasteiger partial charge in [-0.15, -0.1) is 0 Å². The molecule has 0 radical (unpaired) electrons.